The van der Waals surface area contributed by atoms with Crippen molar-refractivity contribution in [2.24, 2.45) is 0 Å². The molecule has 0 aliphatic carbocycles. The summed E-state index contributed by atoms with van der Waals surface area (Å²) in [5, 5.41) is 8.97. The Kier molecular flexibility index (Phi) is 2.42. The molecule has 6 heteroatoms. The number of nitrogens with two attached hydrogens (primary N) is 1. The Bertz CT molecular complexity index is 488. The number of nitrogens with zero attached hydrogens (tertiary/aromatic N) is 1. The van der Waals surface area contributed by atoms with Crippen LogP contribution in [0.4, 0.5) is 11.5 Å². The van der Waals surface area contributed by atoms with Crippen molar-refractivity contribution in [1.82, 2.24) is 10.2 Å². The molecule has 2 rings (SSSR count). The fourth-order valence-corrected chi connectivity index (χ4v) is 1.89. The molecule has 2 aromatic heterocycles. The first-order valence-corrected chi connectivity index (χ1v) is 5.15. The molecule has 2 heterocycles. The van der Waals surface area contributed by atoms with Gasteiger partial charge in [0.2, 0.25) is 0 Å². The summed E-state index contributed by atoms with van der Waals surface area (Å²) in [6.45, 7) is 1.95. The number of rotatable bonds is 2. The second-order valence-corrected chi connectivity index (χ2v) is 4.35. The van der Waals surface area contributed by atoms with E-state index in [1.54, 1.807) is 6.07 Å². The van der Waals surface area contributed by atoms with Gasteiger partial charge in [0, 0.05) is 4.88 Å². The van der Waals surface area contributed by atoms with Gasteiger partial charge in [-0.25, -0.2) is 0 Å². The van der Waals surface area contributed by atoms with E-state index in [1.807, 2.05) is 13.0 Å². The lowest BCUT2D eigenvalue weighted by Crippen LogP contribution is -2.11. The highest BCUT2D eigenvalue weighted by Gasteiger charge is 2.10. The van der Waals surface area contributed by atoms with Crippen LogP contribution < -0.4 is 11.1 Å². The minimum atomic E-state index is -0.177. The van der Waals surface area contributed by atoms with Crippen LogP contribution in [0.25, 0.3) is 0 Å². The van der Waals surface area contributed by atoms with Gasteiger partial charge in [0.05, 0.1) is 16.8 Å². The van der Waals surface area contributed by atoms with Crippen LogP contribution >= 0.6 is 11.3 Å². The largest absolute Gasteiger partial charge is 0.394 e. The molecule has 15 heavy (non-hydrogen) atoms. The number of nitrogens with one attached hydrogen (secondary N) is 2. The maximum absolute atomic E-state index is 11.7. The molecule has 0 spiro atoms. The van der Waals surface area contributed by atoms with Crippen LogP contribution in [0.15, 0.2) is 18.3 Å². The van der Waals surface area contributed by atoms with Gasteiger partial charge in [-0.1, -0.05) is 0 Å². The lowest BCUT2D eigenvalue weighted by Gasteiger charge is -2.00. The van der Waals surface area contributed by atoms with Crippen molar-refractivity contribution in [3.8, 4) is 0 Å². The number of H-pyrrole nitrogens is 1. The third-order valence-corrected chi connectivity index (χ3v) is 2.87. The number of thiophene rings is 1. The third kappa shape index (κ3) is 1.99. The Hall–Kier alpha value is -1.82. The molecule has 5 nitrogen and oxygen atoms in total. The number of hydrogen-bond donors (Lipinski definition) is 3. The fourth-order valence-electron chi connectivity index (χ4n) is 1.13. The summed E-state index contributed by atoms with van der Waals surface area (Å²) in [6, 6.07) is 3.68. The van der Waals surface area contributed by atoms with Crippen molar-refractivity contribution in [1.29, 1.82) is 0 Å². The van der Waals surface area contributed by atoms with Crippen LogP contribution in [-0.2, 0) is 0 Å². The van der Waals surface area contributed by atoms with Gasteiger partial charge in [-0.2, -0.15) is 5.10 Å². The first-order chi connectivity index (χ1) is 7.16. The molecule has 0 bridgehead atoms. The zero-order valence-electron chi connectivity index (χ0n) is 8.07. The maximum Gasteiger partial charge on any atom is 0.266 e. The number of aryl methyl sites for hydroxylation is 1. The van der Waals surface area contributed by atoms with E-state index < -0.39 is 0 Å². The Morgan fingerprint density at radius 2 is 2.40 bits per heavy atom. The van der Waals surface area contributed by atoms with Crippen molar-refractivity contribution < 1.29 is 4.79 Å². The highest BCUT2D eigenvalue weighted by Crippen LogP contribution is 2.18. The molecule has 2 aromatic rings. The third-order valence-electron chi connectivity index (χ3n) is 1.87. The van der Waals surface area contributed by atoms with Crippen LogP contribution in [0.2, 0.25) is 0 Å². The monoisotopic (exact) mass is 222 g/mol. The number of aromatic amines is 1. The summed E-state index contributed by atoms with van der Waals surface area (Å²) < 4.78 is 0. The van der Waals surface area contributed by atoms with Gasteiger partial charge in [0.25, 0.3) is 5.91 Å². The molecule has 0 radical (unpaired) electrons. The molecule has 78 valence electrons. The molecule has 0 aliphatic heterocycles. The van der Waals surface area contributed by atoms with E-state index in [0.29, 0.717) is 16.4 Å². The number of carbonyl (C=O) groups excluding carboxylic acids is 1. The van der Waals surface area contributed by atoms with E-state index in [0.717, 1.165) is 4.88 Å². The molecule has 4 N–H and O–H groups in total. The van der Waals surface area contributed by atoms with Crippen LogP contribution in [0.3, 0.4) is 0 Å². The summed E-state index contributed by atoms with van der Waals surface area (Å²) in [7, 11) is 0. The molecule has 0 fully saturated rings. The normalized spacial score (nSPS) is 10.2. The number of amides is 1. The Morgan fingerprint density at radius 1 is 1.60 bits per heavy atom. The SMILES string of the molecule is Cc1ccc(C(=O)Nc2[nH]ncc2N)s1. The summed E-state index contributed by atoms with van der Waals surface area (Å²) in [5.74, 6) is 0.259. The van der Waals surface area contributed by atoms with Gasteiger partial charge >= 0.3 is 0 Å². The average Bonchev–Trinajstić information content (AvgIpc) is 2.77. The molecule has 0 aliphatic rings. The highest BCUT2D eigenvalue weighted by molar-refractivity contribution is 7.14. The second-order valence-electron chi connectivity index (χ2n) is 3.06. The number of nitrogen functional groups attached to an aromatic ring is 1. The Labute approximate surface area is 90.3 Å². The van der Waals surface area contributed by atoms with Crippen molar-refractivity contribution in [2.45, 2.75) is 6.92 Å². The quantitative estimate of drug-likeness (QED) is 0.721. The molecular formula is C9H10N4OS. The minimum absolute atomic E-state index is 0.177. The van der Waals surface area contributed by atoms with Gasteiger partial charge in [-0.15, -0.1) is 11.3 Å². The van der Waals surface area contributed by atoms with Gasteiger partial charge < -0.3 is 11.1 Å². The predicted molar refractivity (Wildman–Crippen MR) is 60.0 cm³/mol. The minimum Gasteiger partial charge on any atom is -0.394 e. The summed E-state index contributed by atoms with van der Waals surface area (Å²) in [5.41, 5.74) is 5.99. The molecule has 0 aromatic carbocycles. The maximum atomic E-state index is 11.7. The van der Waals surface area contributed by atoms with Gasteiger partial charge in [-0.05, 0) is 19.1 Å². The van der Waals surface area contributed by atoms with Crippen molar-refractivity contribution in [3.63, 3.8) is 0 Å². The zero-order valence-corrected chi connectivity index (χ0v) is 8.89. The van der Waals surface area contributed by atoms with Crippen LogP contribution in [-0.4, -0.2) is 16.1 Å². The van der Waals surface area contributed by atoms with Crippen molar-refractivity contribution in [2.75, 3.05) is 11.1 Å². The molecule has 0 unspecified atom stereocenters. The predicted octanol–water partition coefficient (Wildman–Crippen LogP) is 1.61. The second kappa shape index (κ2) is 3.74. The summed E-state index contributed by atoms with van der Waals surface area (Å²) in [6.07, 6.45) is 1.45. The topological polar surface area (TPSA) is 83.8 Å². The Morgan fingerprint density at radius 3 is 2.93 bits per heavy atom. The summed E-state index contributed by atoms with van der Waals surface area (Å²) >= 11 is 1.44. The number of anilines is 2. The zero-order chi connectivity index (χ0) is 10.8. The van der Waals surface area contributed by atoms with E-state index in [4.69, 9.17) is 5.73 Å². The van der Waals surface area contributed by atoms with E-state index in [1.165, 1.54) is 17.5 Å². The van der Waals surface area contributed by atoms with Crippen molar-refractivity contribution in [3.05, 3.63) is 28.1 Å². The van der Waals surface area contributed by atoms with E-state index in [9.17, 15) is 4.79 Å². The molecule has 0 saturated heterocycles. The van der Waals surface area contributed by atoms with Crippen molar-refractivity contribution >= 4 is 28.7 Å². The van der Waals surface area contributed by atoms with Crippen LogP contribution in [0.1, 0.15) is 14.5 Å². The molecule has 1 amide bonds. The van der Waals surface area contributed by atoms with Gasteiger partial charge in [0.1, 0.15) is 0 Å². The van der Waals surface area contributed by atoms with E-state index >= 15 is 0 Å². The van der Waals surface area contributed by atoms with Crippen LogP contribution in [0, 0.1) is 6.92 Å². The lowest BCUT2D eigenvalue weighted by atomic mass is 10.4. The molecule has 0 atom stereocenters. The van der Waals surface area contributed by atoms with Crippen LogP contribution in [0.5, 0.6) is 0 Å². The van der Waals surface area contributed by atoms with E-state index in [-0.39, 0.29) is 5.91 Å². The number of aromatic nitrogens is 2. The fraction of sp³-hybridized carbons (Fsp3) is 0.111. The first-order valence-electron chi connectivity index (χ1n) is 4.33. The standard InChI is InChI=1S/C9H10N4OS/c1-5-2-3-7(15-5)9(14)12-8-6(10)4-11-13-8/h2-4H,10H2,1H3,(H2,11,12,13,14). The first kappa shape index (κ1) is 9.72. The highest BCUT2D eigenvalue weighted by atomic mass is 32.1. The number of hydrogen-bond acceptors (Lipinski definition) is 4. The average molecular weight is 222 g/mol. The smallest absolute Gasteiger partial charge is 0.266 e. The summed E-state index contributed by atoms with van der Waals surface area (Å²) in [4.78, 5) is 13.4. The van der Waals surface area contributed by atoms with Gasteiger partial charge in [0.15, 0.2) is 5.82 Å². The number of carbonyl (C=O) groups is 1. The van der Waals surface area contributed by atoms with Gasteiger partial charge in [-0.3, -0.25) is 9.89 Å². The lowest BCUT2D eigenvalue weighted by molar-refractivity contribution is 0.103. The van der Waals surface area contributed by atoms with E-state index in [2.05, 4.69) is 15.5 Å². The molecule has 0 saturated carbocycles. The Balaban J connectivity index is 2.14. The molecular weight excluding hydrogens is 212 g/mol.